The van der Waals surface area contributed by atoms with Crippen LogP contribution in [0.25, 0.3) is 0 Å². The Morgan fingerprint density at radius 1 is 1.04 bits per heavy atom. The summed E-state index contributed by atoms with van der Waals surface area (Å²) in [7, 11) is 1.61. The molecule has 0 bridgehead atoms. The molecular weight excluding hydrogens is 374 g/mol. The normalized spacial score (nSPS) is 10.3. The van der Waals surface area contributed by atoms with Gasteiger partial charge in [-0.25, -0.2) is 4.98 Å². The minimum absolute atomic E-state index is 0.122. The molecule has 0 spiro atoms. The van der Waals surface area contributed by atoms with Crippen LogP contribution in [0, 0.1) is 0 Å². The van der Waals surface area contributed by atoms with Crippen molar-refractivity contribution in [2.75, 3.05) is 12.4 Å². The molecule has 0 saturated carbocycles. The average Bonchev–Trinajstić information content (AvgIpc) is 3.20. The van der Waals surface area contributed by atoms with Crippen LogP contribution in [-0.4, -0.2) is 23.9 Å². The van der Waals surface area contributed by atoms with Gasteiger partial charge in [0.15, 0.2) is 5.13 Å². The molecule has 2 aromatic carbocycles. The van der Waals surface area contributed by atoms with Crippen molar-refractivity contribution in [3.8, 4) is 5.75 Å². The van der Waals surface area contributed by atoms with Crippen LogP contribution in [0.1, 0.15) is 28.0 Å². The molecule has 0 radical (unpaired) electrons. The van der Waals surface area contributed by atoms with Crippen LogP contribution in [-0.2, 0) is 17.8 Å². The van der Waals surface area contributed by atoms with Crippen molar-refractivity contribution >= 4 is 28.3 Å². The molecule has 3 aromatic rings. The molecule has 0 atom stereocenters. The first-order valence-electron chi connectivity index (χ1n) is 8.84. The van der Waals surface area contributed by atoms with Crippen molar-refractivity contribution in [2.24, 2.45) is 0 Å². The number of hydrogen-bond donors (Lipinski definition) is 2. The second-order valence-corrected chi connectivity index (χ2v) is 6.96. The molecule has 0 aliphatic carbocycles. The summed E-state index contributed by atoms with van der Waals surface area (Å²) in [4.78, 5) is 28.5. The second kappa shape index (κ2) is 9.66. The van der Waals surface area contributed by atoms with Gasteiger partial charge >= 0.3 is 0 Å². The number of carbonyl (C=O) groups is 2. The summed E-state index contributed by atoms with van der Waals surface area (Å²) in [6.45, 7) is 0.388. The van der Waals surface area contributed by atoms with E-state index in [0.717, 1.165) is 16.9 Å². The van der Waals surface area contributed by atoms with E-state index in [0.29, 0.717) is 24.5 Å². The summed E-state index contributed by atoms with van der Waals surface area (Å²) in [6.07, 6.45) is 1.02. The molecule has 28 heavy (non-hydrogen) atoms. The Morgan fingerprint density at radius 3 is 2.50 bits per heavy atom. The number of thiazole rings is 1. The maximum Gasteiger partial charge on any atom is 0.271 e. The second-order valence-electron chi connectivity index (χ2n) is 6.10. The summed E-state index contributed by atoms with van der Waals surface area (Å²) >= 11 is 1.23. The molecule has 1 heterocycles. The zero-order valence-electron chi connectivity index (χ0n) is 15.5. The molecule has 0 unspecified atom stereocenters. The Labute approximate surface area is 167 Å². The summed E-state index contributed by atoms with van der Waals surface area (Å²) in [5.41, 5.74) is 2.35. The van der Waals surface area contributed by atoms with Crippen LogP contribution in [0.5, 0.6) is 5.75 Å². The maximum absolute atomic E-state index is 12.2. The molecule has 2 N–H and O–H groups in total. The number of aryl methyl sites for hydroxylation is 1. The highest BCUT2D eigenvalue weighted by atomic mass is 32.1. The average molecular weight is 395 g/mol. The van der Waals surface area contributed by atoms with Gasteiger partial charge in [0.25, 0.3) is 5.91 Å². The van der Waals surface area contributed by atoms with Crippen LogP contribution in [0.3, 0.4) is 0 Å². The third-order valence-corrected chi connectivity index (χ3v) is 4.84. The molecule has 7 heteroatoms. The van der Waals surface area contributed by atoms with Crippen molar-refractivity contribution in [3.63, 3.8) is 0 Å². The number of hydrogen-bond acceptors (Lipinski definition) is 5. The molecule has 0 saturated heterocycles. The number of benzene rings is 2. The summed E-state index contributed by atoms with van der Waals surface area (Å²) in [5, 5.41) is 7.63. The Hall–Kier alpha value is -3.19. The number of ether oxygens (including phenoxy) is 1. The lowest BCUT2D eigenvalue weighted by Crippen LogP contribution is -2.23. The molecule has 0 aliphatic heterocycles. The predicted molar refractivity (Wildman–Crippen MR) is 110 cm³/mol. The SMILES string of the molecule is COc1ccc(CNC(=O)c2csc(NC(=O)CCc3ccccc3)n2)cc1. The van der Waals surface area contributed by atoms with Crippen molar-refractivity contribution < 1.29 is 14.3 Å². The summed E-state index contributed by atoms with van der Waals surface area (Å²) in [6, 6.07) is 17.3. The Kier molecular flexibility index (Phi) is 6.75. The fourth-order valence-electron chi connectivity index (χ4n) is 2.54. The van der Waals surface area contributed by atoms with Gasteiger partial charge in [-0.15, -0.1) is 11.3 Å². The van der Waals surface area contributed by atoms with Gasteiger partial charge in [0.05, 0.1) is 7.11 Å². The lowest BCUT2D eigenvalue weighted by atomic mass is 10.1. The van der Waals surface area contributed by atoms with Gasteiger partial charge in [0.2, 0.25) is 5.91 Å². The van der Waals surface area contributed by atoms with E-state index in [4.69, 9.17) is 4.74 Å². The fourth-order valence-corrected chi connectivity index (χ4v) is 3.24. The van der Waals surface area contributed by atoms with Gasteiger partial charge in [0, 0.05) is 18.3 Å². The molecule has 0 aliphatic rings. The van der Waals surface area contributed by atoms with E-state index in [9.17, 15) is 9.59 Å². The van der Waals surface area contributed by atoms with E-state index >= 15 is 0 Å². The van der Waals surface area contributed by atoms with Gasteiger partial charge in [-0.2, -0.15) is 0 Å². The van der Waals surface area contributed by atoms with E-state index in [1.54, 1.807) is 12.5 Å². The number of carbonyl (C=O) groups excluding carboxylic acids is 2. The number of nitrogens with one attached hydrogen (secondary N) is 2. The van der Waals surface area contributed by atoms with Crippen molar-refractivity contribution in [2.45, 2.75) is 19.4 Å². The monoisotopic (exact) mass is 395 g/mol. The van der Waals surface area contributed by atoms with E-state index in [1.807, 2.05) is 54.6 Å². The van der Waals surface area contributed by atoms with E-state index in [2.05, 4.69) is 15.6 Å². The van der Waals surface area contributed by atoms with Crippen LogP contribution in [0.15, 0.2) is 60.0 Å². The Balaban J connectivity index is 1.47. The van der Waals surface area contributed by atoms with Crippen molar-refractivity contribution in [1.82, 2.24) is 10.3 Å². The highest BCUT2D eigenvalue weighted by Crippen LogP contribution is 2.16. The predicted octanol–water partition coefficient (Wildman–Crippen LogP) is 3.65. The number of nitrogens with zero attached hydrogens (tertiary/aromatic N) is 1. The minimum Gasteiger partial charge on any atom is -0.497 e. The van der Waals surface area contributed by atoms with Gasteiger partial charge in [0.1, 0.15) is 11.4 Å². The highest BCUT2D eigenvalue weighted by Gasteiger charge is 2.12. The number of amides is 2. The highest BCUT2D eigenvalue weighted by molar-refractivity contribution is 7.14. The lowest BCUT2D eigenvalue weighted by molar-refractivity contribution is -0.116. The molecule has 2 amide bonds. The van der Waals surface area contributed by atoms with Gasteiger partial charge in [-0.05, 0) is 29.7 Å². The molecule has 3 rings (SSSR count). The molecule has 0 fully saturated rings. The van der Waals surface area contributed by atoms with E-state index < -0.39 is 0 Å². The zero-order chi connectivity index (χ0) is 19.8. The standard InChI is InChI=1S/C21H21N3O3S/c1-27-17-10-7-16(8-11-17)13-22-20(26)18-14-28-21(23-18)24-19(25)12-9-15-5-3-2-4-6-15/h2-8,10-11,14H,9,12-13H2,1H3,(H,22,26)(H,23,24,25). The summed E-state index contributed by atoms with van der Waals surface area (Å²) in [5.74, 6) is 0.363. The minimum atomic E-state index is -0.281. The van der Waals surface area contributed by atoms with Crippen molar-refractivity contribution in [1.29, 1.82) is 0 Å². The third kappa shape index (κ3) is 5.65. The first-order valence-corrected chi connectivity index (χ1v) is 9.72. The lowest BCUT2D eigenvalue weighted by Gasteiger charge is -2.05. The largest absolute Gasteiger partial charge is 0.497 e. The van der Waals surface area contributed by atoms with Crippen molar-refractivity contribution in [3.05, 3.63) is 76.8 Å². The Bertz CT molecular complexity index is 924. The van der Waals surface area contributed by atoms with E-state index in [-0.39, 0.29) is 17.5 Å². The van der Waals surface area contributed by atoms with E-state index in [1.165, 1.54) is 11.3 Å². The topological polar surface area (TPSA) is 80.3 Å². The molecule has 1 aromatic heterocycles. The third-order valence-electron chi connectivity index (χ3n) is 4.08. The van der Waals surface area contributed by atoms with Gasteiger partial charge in [-0.1, -0.05) is 42.5 Å². The summed E-state index contributed by atoms with van der Waals surface area (Å²) < 4.78 is 5.11. The number of anilines is 1. The van der Waals surface area contributed by atoms with Crippen LogP contribution < -0.4 is 15.4 Å². The number of rotatable bonds is 8. The number of aromatic nitrogens is 1. The quantitative estimate of drug-likeness (QED) is 0.610. The van der Waals surface area contributed by atoms with Gasteiger partial charge in [-0.3, -0.25) is 9.59 Å². The first-order chi connectivity index (χ1) is 13.6. The smallest absolute Gasteiger partial charge is 0.271 e. The van der Waals surface area contributed by atoms with Gasteiger partial charge < -0.3 is 15.4 Å². The first kappa shape index (κ1) is 19.6. The number of methoxy groups -OCH3 is 1. The van der Waals surface area contributed by atoms with Crippen LogP contribution >= 0.6 is 11.3 Å². The molecule has 6 nitrogen and oxygen atoms in total. The fraction of sp³-hybridized carbons (Fsp3) is 0.190. The van der Waals surface area contributed by atoms with Crippen LogP contribution in [0.2, 0.25) is 0 Å². The maximum atomic E-state index is 12.2. The van der Waals surface area contributed by atoms with Crippen LogP contribution in [0.4, 0.5) is 5.13 Å². The Morgan fingerprint density at radius 2 is 1.79 bits per heavy atom. The zero-order valence-corrected chi connectivity index (χ0v) is 16.3. The molecular formula is C21H21N3O3S. The molecule has 144 valence electrons.